The Labute approximate surface area is 123 Å². The minimum atomic E-state index is -1.03. The molecule has 1 aromatic heterocycles. The lowest BCUT2D eigenvalue weighted by Gasteiger charge is -2.05. The molecule has 0 spiro atoms. The van der Waals surface area contributed by atoms with E-state index in [9.17, 15) is 9.90 Å². The molecule has 0 unspecified atom stereocenters. The molecule has 0 saturated carbocycles. The van der Waals surface area contributed by atoms with E-state index >= 15 is 0 Å². The van der Waals surface area contributed by atoms with Gasteiger partial charge in [-0.05, 0) is 24.3 Å². The van der Waals surface area contributed by atoms with Crippen LogP contribution in [0.15, 0.2) is 36.4 Å². The van der Waals surface area contributed by atoms with Crippen LogP contribution in [0.4, 0.5) is 0 Å². The number of aromatic carboxylic acids is 1. The molecule has 0 radical (unpaired) electrons. The molecule has 0 saturated heterocycles. The van der Waals surface area contributed by atoms with E-state index in [1.54, 1.807) is 30.3 Å². The third-order valence-electron chi connectivity index (χ3n) is 3.02. The van der Waals surface area contributed by atoms with E-state index in [0.29, 0.717) is 32.2 Å². The van der Waals surface area contributed by atoms with Crippen LogP contribution in [0.2, 0.25) is 10.0 Å². The number of hydrogen-bond donors (Lipinski definition) is 2. The number of H-pyrrole nitrogens is 1. The van der Waals surface area contributed by atoms with Crippen LogP contribution in [0.5, 0.6) is 0 Å². The number of benzene rings is 2. The van der Waals surface area contributed by atoms with Gasteiger partial charge in [-0.3, -0.25) is 5.10 Å². The average Bonchev–Trinajstić information content (AvgIpc) is 2.82. The molecule has 0 bridgehead atoms. The van der Waals surface area contributed by atoms with Crippen molar-refractivity contribution in [1.29, 1.82) is 0 Å². The maximum atomic E-state index is 11.4. The summed E-state index contributed by atoms with van der Waals surface area (Å²) in [4.78, 5) is 11.4. The molecule has 4 nitrogen and oxygen atoms in total. The van der Waals surface area contributed by atoms with Gasteiger partial charge in [0.25, 0.3) is 0 Å². The van der Waals surface area contributed by atoms with E-state index in [0.717, 1.165) is 0 Å². The molecule has 0 aliphatic heterocycles. The summed E-state index contributed by atoms with van der Waals surface area (Å²) in [6, 6.07) is 10.0. The second-order valence-electron chi connectivity index (χ2n) is 4.20. The summed E-state index contributed by atoms with van der Waals surface area (Å²) < 4.78 is 0. The monoisotopic (exact) mass is 306 g/mol. The zero-order valence-electron chi connectivity index (χ0n) is 10.0. The van der Waals surface area contributed by atoms with Crippen molar-refractivity contribution in [3.63, 3.8) is 0 Å². The van der Waals surface area contributed by atoms with Crippen molar-refractivity contribution in [1.82, 2.24) is 10.2 Å². The van der Waals surface area contributed by atoms with Crippen molar-refractivity contribution in [2.75, 3.05) is 0 Å². The lowest BCUT2D eigenvalue weighted by atomic mass is 10.0. The number of nitrogens with one attached hydrogen (secondary N) is 1. The van der Waals surface area contributed by atoms with Gasteiger partial charge in [-0.2, -0.15) is 5.10 Å². The Balaban J connectivity index is 2.41. The van der Waals surface area contributed by atoms with Gasteiger partial charge in [0.05, 0.1) is 21.1 Å². The van der Waals surface area contributed by atoms with E-state index in [4.69, 9.17) is 23.2 Å². The van der Waals surface area contributed by atoms with Crippen LogP contribution in [-0.2, 0) is 0 Å². The third-order valence-corrected chi connectivity index (χ3v) is 3.65. The van der Waals surface area contributed by atoms with Gasteiger partial charge in [0, 0.05) is 10.9 Å². The Morgan fingerprint density at radius 2 is 1.75 bits per heavy atom. The Morgan fingerprint density at radius 1 is 1.10 bits per heavy atom. The number of carboxylic acids is 1. The maximum absolute atomic E-state index is 11.4. The number of halogens is 2. The molecule has 0 aliphatic rings. The van der Waals surface area contributed by atoms with Crippen LogP contribution in [0.1, 0.15) is 10.4 Å². The number of carboxylic acid groups (broad SMARTS) is 1. The van der Waals surface area contributed by atoms with Gasteiger partial charge in [-0.15, -0.1) is 0 Å². The molecule has 1 heterocycles. The molecular formula is C14H8Cl2N2O2. The summed E-state index contributed by atoms with van der Waals surface area (Å²) in [7, 11) is 0. The highest BCUT2D eigenvalue weighted by Crippen LogP contribution is 2.38. The lowest BCUT2D eigenvalue weighted by Crippen LogP contribution is -1.97. The molecule has 2 aromatic carbocycles. The van der Waals surface area contributed by atoms with E-state index in [2.05, 4.69) is 10.2 Å². The number of nitrogens with zero attached hydrogens (tertiary/aromatic N) is 1. The molecule has 0 atom stereocenters. The third kappa shape index (κ3) is 1.94. The molecule has 3 aromatic rings. The molecule has 100 valence electrons. The molecular weight excluding hydrogens is 299 g/mol. The summed E-state index contributed by atoms with van der Waals surface area (Å²) >= 11 is 12.3. The van der Waals surface area contributed by atoms with Gasteiger partial charge in [-0.1, -0.05) is 35.3 Å². The maximum Gasteiger partial charge on any atom is 0.336 e. The smallest absolute Gasteiger partial charge is 0.336 e. The van der Waals surface area contributed by atoms with Crippen LogP contribution in [-0.4, -0.2) is 21.3 Å². The van der Waals surface area contributed by atoms with E-state index < -0.39 is 5.97 Å². The molecule has 0 aliphatic carbocycles. The summed E-state index contributed by atoms with van der Waals surface area (Å²) in [6.07, 6.45) is 0. The van der Waals surface area contributed by atoms with Gasteiger partial charge in [0.1, 0.15) is 5.69 Å². The van der Waals surface area contributed by atoms with Crippen molar-refractivity contribution < 1.29 is 9.90 Å². The molecule has 6 heteroatoms. The number of fused-ring (bicyclic) bond motifs is 1. The van der Waals surface area contributed by atoms with Crippen LogP contribution >= 0.6 is 23.2 Å². The average molecular weight is 307 g/mol. The molecule has 0 amide bonds. The number of rotatable bonds is 2. The van der Waals surface area contributed by atoms with Gasteiger partial charge >= 0.3 is 5.97 Å². The minimum Gasteiger partial charge on any atom is -0.478 e. The number of aromatic nitrogens is 2. The Kier molecular flexibility index (Phi) is 3.12. The van der Waals surface area contributed by atoms with E-state index in [1.165, 1.54) is 6.07 Å². The second-order valence-corrected chi connectivity index (χ2v) is 5.02. The predicted octanol–water partition coefficient (Wildman–Crippen LogP) is 4.23. The highest BCUT2D eigenvalue weighted by molar-refractivity contribution is 6.39. The van der Waals surface area contributed by atoms with Crippen LogP contribution in [0.25, 0.3) is 22.2 Å². The molecule has 2 N–H and O–H groups in total. The molecule has 0 fully saturated rings. The number of carbonyl (C=O) groups is 1. The summed E-state index contributed by atoms with van der Waals surface area (Å²) in [5.41, 5.74) is 1.74. The first-order valence-electron chi connectivity index (χ1n) is 5.74. The predicted molar refractivity (Wildman–Crippen MR) is 78.5 cm³/mol. The second kappa shape index (κ2) is 4.81. The van der Waals surface area contributed by atoms with Gasteiger partial charge in [0.15, 0.2) is 0 Å². The molecule has 20 heavy (non-hydrogen) atoms. The summed E-state index contributed by atoms with van der Waals surface area (Å²) in [6.45, 7) is 0. The number of aromatic amines is 1. The number of hydrogen-bond acceptors (Lipinski definition) is 2. The first kappa shape index (κ1) is 13.0. The van der Waals surface area contributed by atoms with Crippen molar-refractivity contribution in [2.24, 2.45) is 0 Å². The summed E-state index contributed by atoms with van der Waals surface area (Å²) in [5, 5.41) is 17.6. The normalized spacial score (nSPS) is 10.9. The molecule has 3 rings (SSSR count). The van der Waals surface area contributed by atoms with Gasteiger partial charge in [-0.25, -0.2) is 4.79 Å². The Bertz CT molecular complexity index is 807. The highest BCUT2D eigenvalue weighted by atomic mass is 35.5. The quantitative estimate of drug-likeness (QED) is 0.744. The lowest BCUT2D eigenvalue weighted by molar-refractivity contribution is 0.0699. The zero-order chi connectivity index (χ0) is 14.3. The fourth-order valence-corrected chi connectivity index (χ4v) is 2.73. The van der Waals surface area contributed by atoms with Gasteiger partial charge in [0.2, 0.25) is 0 Å². The SMILES string of the molecule is O=C(O)c1cccc2[nH]nc(-c3c(Cl)cccc3Cl)c12. The fourth-order valence-electron chi connectivity index (χ4n) is 2.16. The van der Waals surface area contributed by atoms with E-state index in [1.807, 2.05) is 0 Å². The summed E-state index contributed by atoms with van der Waals surface area (Å²) in [5.74, 6) is -1.03. The van der Waals surface area contributed by atoms with Gasteiger partial charge < -0.3 is 5.11 Å². The first-order chi connectivity index (χ1) is 9.59. The largest absolute Gasteiger partial charge is 0.478 e. The van der Waals surface area contributed by atoms with Crippen molar-refractivity contribution in [2.45, 2.75) is 0 Å². The van der Waals surface area contributed by atoms with Crippen LogP contribution in [0, 0.1) is 0 Å². The highest BCUT2D eigenvalue weighted by Gasteiger charge is 2.19. The Morgan fingerprint density at radius 3 is 2.40 bits per heavy atom. The van der Waals surface area contributed by atoms with Crippen LogP contribution in [0.3, 0.4) is 0 Å². The van der Waals surface area contributed by atoms with Crippen LogP contribution < -0.4 is 0 Å². The Hall–Kier alpha value is -2.04. The van der Waals surface area contributed by atoms with Crippen molar-refractivity contribution >= 4 is 40.1 Å². The van der Waals surface area contributed by atoms with Crippen molar-refractivity contribution in [3.05, 3.63) is 52.0 Å². The topological polar surface area (TPSA) is 66.0 Å². The van der Waals surface area contributed by atoms with Crippen molar-refractivity contribution in [3.8, 4) is 11.3 Å². The fraction of sp³-hybridized carbons (Fsp3) is 0. The minimum absolute atomic E-state index is 0.155. The zero-order valence-corrected chi connectivity index (χ0v) is 11.5. The first-order valence-corrected chi connectivity index (χ1v) is 6.50. The van der Waals surface area contributed by atoms with E-state index in [-0.39, 0.29) is 5.56 Å². The standard InChI is InChI=1S/C14H8Cl2N2O2/c15-8-4-2-5-9(16)12(8)13-11-7(14(19)20)3-1-6-10(11)17-18-13/h1-6H,(H,17,18)(H,19,20).